The van der Waals surface area contributed by atoms with E-state index in [0.717, 1.165) is 17.7 Å². The lowest BCUT2D eigenvalue weighted by atomic mass is 9.95. The summed E-state index contributed by atoms with van der Waals surface area (Å²) in [5.74, 6) is 0.261. The van der Waals surface area contributed by atoms with E-state index in [0.29, 0.717) is 18.2 Å². The lowest BCUT2D eigenvalue weighted by molar-refractivity contribution is -0.134. The first-order chi connectivity index (χ1) is 8.90. The van der Waals surface area contributed by atoms with Gasteiger partial charge >= 0.3 is 0 Å². The number of piperidine rings is 1. The third-order valence-corrected chi connectivity index (χ3v) is 4.34. The summed E-state index contributed by atoms with van der Waals surface area (Å²) in [4.78, 5) is 14.0. The normalized spacial score (nSPS) is 23.7. The second-order valence-electron chi connectivity index (χ2n) is 5.33. The molecule has 1 aliphatic heterocycles. The third kappa shape index (κ3) is 2.92. The summed E-state index contributed by atoms with van der Waals surface area (Å²) in [6, 6.07) is 0. The van der Waals surface area contributed by atoms with Crippen LogP contribution in [0.4, 0.5) is 0 Å². The largest absolute Gasteiger partial charge is 0.391 e. The van der Waals surface area contributed by atoms with Gasteiger partial charge in [-0.1, -0.05) is 18.5 Å². The van der Waals surface area contributed by atoms with Gasteiger partial charge in [0, 0.05) is 25.7 Å². The predicted molar refractivity (Wildman–Crippen MR) is 73.0 cm³/mol. The van der Waals surface area contributed by atoms with Gasteiger partial charge in [-0.25, -0.2) is 0 Å². The standard InChI is InChI=1S/C13H20ClN3O2/c1-8-4-5-17(7-11(8)18)12(19)6-10-9(2)15-16(3)13(10)14/h8,11,18H,4-7H2,1-3H3. The predicted octanol–water partition coefficient (Wildman–Crippen LogP) is 1.15. The molecule has 0 saturated carbocycles. The summed E-state index contributed by atoms with van der Waals surface area (Å²) in [5.41, 5.74) is 1.56. The molecule has 1 fully saturated rings. The summed E-state index contributed by atoms with van der Waals surface area (Å²) >= 11 is 6.13. The highest BCUT2D eigenvalue weighted by atomic mass is 35.5. The molecule has 5 nitrogen and oxygen atoms in total. The van der Waals surface area contributed by atoms with Crippen LogP contribution in [0.3, 0.4) is 0 Å². The Morgan fingerprint density at radius 3 is 2.79 bits per heavy atom. The first kappa shape index (κ1) is 14.3. The van der Waals surface area contributed by atoms with Crippen molar-refractivity contribution in [1.82, 2.24) is 14.7 Å². The fourth-order valence-corrected chi connectivity index (χ4v) is 2.65. The summed E-state index contributed by atoms with van der Waals surface area (Å²) in [5, 5.41) is 14.6. The van der Waals surface area contributed by atoms with Crippen molar-refractivity contribution in [2.45, 2.75) is 32.8 Å². The molecule has 0 bridgehead atoms. The Labute approximate surface area is 118 Å². The van der Waals surface area contributed by atoms with Crippen LogP contribution in [-0.2, 0) is 18.3 Å². The molecule has 106 valence electrons. The fourth-order valence-electron chi connectivity index (χ4n) is 2.41. The van der Waals surface area contributed by atoms with Crippen LogP contribution >= 0.6 is 11.6 Å². The highest BCUT2D eigenvalue weighted by Crippen LogP contribution is 2.22. The maximum Gasteiger partial charge on any atom is 0.227 e. The number of amides is 1. The van der Waals surface area contributed by atoms with E-state index in [1.807, 2.05) is 13.8 Å². The molecule has 0 spiro atoms. The number of hydrogen-bond donors (Lipinski definition) is 1. The number of hydrogen-bond acceptors (Lipinski definition) is 3. The van der Waals surface area contributed by atoms with Crippen LogP contribution in [0, 0.1) is 12.8 Å². The van der Waals surface area contributed by atoms with Gasteiger partial charge in [0.2, 0.25) is 5.91 Å². The average molecular weight is 286 g/mol. The number of likely N-dealkylation sites (tertiary alicyclic amines) is 1. The molecule has 1 amide bonds. The molecule has 2 heterocycles. The molecule has 19 heavy (non-hydrogen) atoms. The molecule has 1 aliphatic rings. The number of aromatic nitrogens is 2. The number of nitrogens with zero attached hydrogens (tertiary/aromatic N) is 3. The first-order valence-electron chi connectivity index (χ1n) is 6.54. The van der Waals surface area contributed by atoms with Crippen LogP contribution in [-0.4, -0.2) is 44.9 Å². The van der Waals surface area contributed by atoms with Crippen LogP contribution in [0.2, 0.25) is 5.15 Å². The molecule has 0 radical (unpaired) electrons. The van der Waals surface area contributed by atoms with E-state index in [1.54, 1.807) is 16.6 Å². The van der Waals surface area contributed by atoms with Crippen molar-refractivity contribution in [2.75, 3.05) is 13.1 Å². The Hall–Kier alpha value is -1.07. The molecule has 1 aromatic rings. The molecule has 0 aromatic carbocycles. The molecule has 1 aromatic heterocycles. The summed E-state index contributed by atoms with van der Waals surface area (Å²) in [6.07, 6.45) is 0.662. The lowest BCUT2D eigenvalue weighted by Gasteiger charge is -2.34. The van der Waals surface area contributed by atoms with Crippen molar-refractivity contribution in [3.63, 3.8) is 0 Å². The second kappa shape index (κ2) is 5.51. The quantitative estimate of drug-likeness (QED) is 0.887. The van der Waals surface area contributed by atoms with Crippen LogP contribution in [0.15, 0.2) is 0 Å². The van der Waals surface area contributed by atoms with Gasteiger partial charge in [0.15, 0.2) is 0 Å². The number of rotatable bonds is 2. The second-order valence-corrected chi connectivity index (χ2v) is 5.69. The minimum Gasteiger partial charge on any atom is -0.391 e. The molecular formula is C13H20ClN3O2. The van der Waals surface area contributed by atoms with E-state index in [2.05, 4.69) is 5.10 Å². The van der Waals surface area contributed by atoms with E-state index in [9.17, 15) is 9.90 Å². The van der Waals surface area contributed by atoms with Gasteiger partial charge in [-0.15, -0.1) is 0 Å². The van der Waals surface area contributed by atoms with E-state index in [1.165, 1.54) is 0 Å². The van der Waals surface area contributed by atoms with Crippen molar-refractivity contribution in [3.05, 3.63) is 16.4 Å². The van der Waals surface area contributed by atoms with Crippen LogP contribution in [0.1, 0.15) is 24.6 Å². The number of aliphatic hydroxyl groups excluding tert-OH is 1. The van der Waals surface area contributed by atoms with Crippen molar-refractivity contribution in [1.29, 1.82) is 0 Å². The highest BCUT2D eigenvalue weighted by Gasteiger charge is 2.28. The zero-order chi connectivity index (χ0) is 14.2. The SMILES string of the molecule is Cc1nn(C)c(Cl)c1CC(=O)N1CCC(C)C(O)C1. The van der Waals surface area contributed by atoms with Gasteiger partial charge in [-0.2, -0.15) is 5.10 Å². The van der Waals surface area contributed by atoms with Crippen molar-refractivity contribution < 1.29 is 9.90 Å². The number of carbonyl (C=O) groups is 1. The number of aliphatic hydroxyl groups is 1. The third-order valence-electron chi connectivity index (χ3n) is 3.87. The molecule has 0 aliphatic carbocycles. The van der Waals surface area contributed by atoms with Crippen LogP contribution < -0.4 is 0 Å². The smallest absolute Gasteiger partial charge is 0.227 e. The Morgan fingerprint density at radius 1 is 1.58 bits per heavy atom. The number of halogens is 1. The van der Waals surface area contributed by atoms with Gasteiger partial charge in [0.05, 0.1) is 18.2 Å². The van der Waals surface area contributed by atoms with Crippen molar-refractivity contribution >= 4 is 17.5 Å². The van der Waals surface area contributed by atoms with Gasteiger partial charge in [-0.3, -0.25) is 9.48 Å². The Morgan fingerprint density at radius 2 is 2.26 bits per heavy atom. The molecule has 6 heteroatoms. The van der Waals surface area contributed by atoms with E-state index in [4.69, 9.17) is 11.6 Å². The first-order valence-corrected chi connectivity index (χ1v) is 6.91. The van der Waals surface area contributed by atoms with E-state index in [-0.39, 0.29) is 18.2 Å². The Kier molecular flexibility index (Phi) is 4.16. The van der Waals surface area contributed by atoms with Crippen LogP contribution in [0.25, 0.3) is 0 Å². The van der Waals surface area contributed by atoms with Crippen molar-refractivity contribution in [3.8, 4) is 0 Å². The number of aryl methyl sites for hydroxylation is 2. The van der Waals surface area contributed by atoms with Gasteiger partial charge < -0.3 is 10.0 Å². The number of carbonyl (C=O) groups excluding carboxylic acids is 1. The Bertz CT molecular complexity index is 486. The highest BCUT2D eigenvalue weighted by molar-refractivity contribution is 6.30. The van der Waals surface area contributed by atoms with Crippen LogP contribution in [0.5, 0.6) is 0 Å². The maximum atomic E-state index is 12.3. The fraction of sp³-hybridized carbons (Fsp3) is 0.692. The lowest BCUT2D eigenvalue weighted by Crippen LogP contribution is -2.46. The zero-order valence-electron chi connectivity index (χ0n) is 11.6. The monoisotopic (exact) mass is 285 g/mol. The summed E-state index contributed by atoms with van der Waals surface area (Å²) in [7, 11) is 1.76. The van der Waals surface area contributed by atoms with E-state index >= 15 is 0 Å². The maximum absolute atomic E-state index is 12.3. The summed E-state index contributed by atoms with van der Waals surface area (Å²) in [6.45, 7) is 4.97. The molecule has 2 atom stereocenters. The molecular weight excluding hydrogens is 266 g/mol. The number of β-amino-alcohol motifs (C(OH)–C–C–N with tert-alkyl or cyclic N) is 1. The van der Waals surface area contributed by atoms with Gasteiger partial charge in [0.25, 0.3) is 0 Å². The topological polar surface area (TPSA) is 58.4 Å². The Balaban J connectivity index is 2.05. The van der Waals surface area contributed by atoms with Gasteiger partial charge in [0.1, 0.15) is 5.15 Å². The molecule has 1 N–H and O–H groups in total. The molecule has 2 unspecified atom stereocenters. The summed E-state index contributed by atoms with van der Waals surface area (Å²) < 4.78 is 1.58. The van der Waals surface area contributed by atoms with Crippen molar-refractivity contribution in [2.24, 2.45) is 13.0 Å². The van der Waals surface area contributed by atoms with Gasteiger partial charge in [-0.05, 0) is 19.3 Å². The minimum absolute atomic E-state index is 0.00366. The average Bonchev–Trinajstić information content (AvgIpc) is 2.59. The van der Waals surface area contributed by atoms with E-state index < -0.39 is 6.10 Å². The molecule has 1 saturated heterocycles. The molecule has 2 rings (SSSR count). The minimum atomic E-state index is -0.428. The zero-order valence-corrected chi connectivity index (χ0v) is 12.3.